The maximum absolute atomic E-state index is 10.5. The summed E-state index contributed by atoms with van der Waals surface area (Å²) in [5.41, 5.74) is 0.413. The third-order valence-electron chi connectivity index (χ3n) is 5.56. The molecule has 0 heterocycles. The molecule has 1 aromatic rings. The SMILES string of the molecule is COc1ccc(C2(C#N)CCC(OC=O)CC2)cc1OC1CCCC1. The molecule has 0 N–H and O–H groups in total. The second-order valence-corrected chi connectivity index (χ2v) is 7.02. The molecule has 0 aliphatic heterocycles. The van der Waals surface area contributed by atoms with Crippen LogP contribution in [0.15, 0.2) is 18.2 Å². The lowest BCUT2D eigenvalue weighted by Crippen LogP contribution is -2.33. The van der Waals surface area contributed by atoms with Gasteiger partial charge in [0.05, 0.1) is 24.7 Å². The Balaban J connectivity index is 1.82. The maximum Gasteiger partial charge on any atom is 0.293 e. The standard InChI is InChI=1S/C20H25NO4/c1-23-18-7-6-15(12-19(18)25-17-4-2-3-5-17)20(13-21)10-8-16(9-11-20)24-14-22/h6-7,12,14,16-17H,2-5,8-11H2,1H3. The van der Waals surface area contributed by atoms with Gasteiger partial charge in [0.2, 0.25) is 0 Å². The van der Waals surface area contributed by atoms with Crippen molar-refractivity contribution in [1.82, 2.24) is 0 Å². The average molecular weight is 343 g/mol. The van der Waals surface area contributed by atoms with Crippen LogP contribution in [0.4, 0.5) is 0 Å². The number of benzene rings is 1. The highest BCUT2D eigenvalue weighted by molar-refractivity contribution is 5.47. The summed E-state index contributed by atoms with van der Waals surface area (Å²) in [4.78, 5) is 10.5. The molecule has 5 heteroatoms. The van der Waals surface area contributed by atoms with E-state index in [1.807, 2.05) is 18.2 Å². The van der Waals surface area contributed by atoms with Gasteiger partial charge in [-0.3, -0.25) is 4.79 Å². The molecule has 1 aromatic carbocycles. The molecule has 2 aliphatic carbocycles. The quantitative estimate of drug-likeness (QED) is 0.733. The van der Waals surface area contributed by atoms with Gasteiger partial charge in [0.1, 0.15) is 6.10 Å². The number of rotatable bonds is 6. The Morgan fingerprint density at radius 3 is 2.44 bits per heavy atom. The minimum atomic E-state index is -0.553. The van der Waals surface area contributed by atoms with Crippen LogP contribution >= 0.6 is 0 Å². The molecular weight excluding hydrogens is 318 g/mol. The van der Waals surface area contributed by atoms with Crippen molar-refractivity contribution in [3.8, 4) is 17.6 Å². The number of carbonyl (C=O) groups excluding carboxylic acids is 1. The lowest BCUT2D eigenvalue weighted by atomic mass is 9.69. The number of ether oxygens (including phenoxy) is 3. The van der Waals surface area contributed by atoms with Crippen LogP contribution in [-0.4, -0.2) is 25.8 Å². The fraction of sp³-hybridized carbons (Fsp3) is 0.600. The Labute approximate surface area is 148 Å². The first kappa shape index (κ1) is 17.6. The van der Waals surface area contributed by atoms with Gasteiger partial charge < -0.3 is 14.2 Å². The molecule has 0 radical (unpaired) electrons. The number of methoxy groups -OCH3 is 1. The van der Waals surface area contributed by atoms with Crippen molar-refractivity contribution in [3.63, 3.8) is 0 Å². The summed E-state index contributed by atoms with van der Waals surface area (Å²) in [7, 11) is 1.64. The highest BCUT2D eigenvalue weighted by Crippen LogP contribution is 2.43. The number of hydrogen-bond donors (Lipinski definition) is 0. The second-order valence-electron chi connectivity index (χ2n) is 7.02. The summed E-state index contributed by atoms with van der Waals surface area (Å²) >= 11 is 0. The molecule has 2 aliphatic rings. The molecule has 3 rings (SSSR count). The lowest BCUT2D eigenvalue weighted by Gasteiger charge is -2.34. The zero-order valence-corrected chi connectivity index (χ0v) is 14.7. The number of hydrogen-bond acceptors (Lipinski definition) is 5. The summed E-state index contributed by atoms with van der Waals surface area (Å²) in [6, 6.07) is 8.35. The molecule has 0 bridgehead atoms. The van der Waals surface area contributed by atoms with Crippen molar-refractivity contribution >= 4 is 6.47 Å². The van der Waals surface area contributed by atoms with E-state index < -0.39 is 5.41 Å². The van der Waals surface area contributed by atoms with E-state index >= 15 is 0 Å². The highest BCUT2D eigenvalue weighted by atomic mass is 16.5. The minimum absolute atomic E-state index is 0.0774. The van der Waals surface area contributed by atoms with Gasteiger partial charge in [-0.25, -0.2) is 0 Å². The molecule has 0 aromatic heterocycles. The number of carbonyl (C=O) groups is 1. The zero-order chi connectivity index (χ0) is 17.7. The fourth-order valence-electron chi connectivity index (χ4n) is 4.02. The monoisotopic (exact) mass is 343 g/mol. The largest absolute Gasteiger partial charge is 0.493 e. The molecule has 0 spiro atoms. The molecule has 0 unspecified atom stereocenters. The third kappa shape index (κ3) is 3.73. The van der Waals surface area contributed by atoms with Gasteiger partial charge in [-0.05, 0) is 69.1 Å². The van der Waals surface area contributed by atoms with Gasteiger partial charge in [-0.15, -0.1) is 0 Å². The molecule has 0 amide bonds. The zero-order valence-electron chi connectivity index (χ0n) is 14.7. The second kappa shape index (κ2) is 7.77. The smallest absolute Gasteiger partial charge is 0.293 e. The number of nitriles is 1. The molecule has 0 saturated heterocycles. The minimum Gasteiger partial charge on any atom is -0.493 e. The Morgan fingerprint density at radius 1 is 1.12 bits per heavy atom. The van der Waals surface area contributed by atoms with Crippen LogP contribution < -0.4 is 9.47 Å². The van der Waals surface area contributed by atoms with E-state index in [1.165, 1.54) is 12.8 Å². The molecule has 134 valence electrons. The van der Waals surface area contributed by atoms with E-state index in [0.29, 0.717) is 37.9 Å². The Kier molecular flexibility index (Phi) is 5.47. The van der Waals surface area contributed by atoms with Crippen LogP contribution in [0.1, 0.15) is 56.9 Å². The lowest BCUT2D eigenvalue weighted by molar-refractivity contribution is -0.135. The summed E-state index contributed by atoms with van der Waals surface area (Å²) in [6.45, 7) is 0.505. The predicted octanol–water partition coefficient (Wildman–Crippen LogP) is 3.89. The average Bonchev–Trinajstić information content (AvgIpc) is 3.16. The fourth-order valence-corrected chi connectivity index (χ4v) is 4.02. The van der Waals surface area contributed by atoms with Gasteiger partial charge in [0.15, 0.2) is 11.5 Å². The normalized spacial score (nSPS) is 26.6. The summed E-state index contributed by atoms with van der Waals surface area (Å²) in [5, 5.41) is 9.88. The van der Waals surface area contributed by atoms with E-state index in [4.69, 9.17) is 14.2 Å². The van der Waals surface area contributed by atoms with E-state index in [-0.39, 0.29) is 12.2 Å². The van der Waals surface area contributed by atoms with Crippen LogP contribution in [0.5, 0.6) is 11.5 Å². The Bertz CT molecular complexity index is 638. The van der Waals surface area contributed by atoms with E-state index in [9.17, 15) is 10.1 Å². The molecule has 2 saturated carbocycles. The summed E-state index contributed by atoms with van der Waals surface area (Å²) in [6.07, 6.45) is 7.47. The van der Waals surface area contributed by atoms with Crippen LogP contribution in [0.25, 0.3) is 0 Å². The first-order valence-corrected chi connectivity index (χ1v) is 9.06. The van der Waals surface area contributed by atoms with Crippen molar-refractivity contribution in [2.75, 3.05) is 7.11 Å². The number of nitrogens with zero attached hydrogens (tertiary/aromatic N) is 1. The first-order chi connectivity index (χ1) is 12.2. The molecule has 2 fully saturated rings. The van der Waals surface area contributed by atoms with Crippen LogP contribution in [0.3, 0.4) is 0 Å². The highest BCUT2D eigenvalue weighted by Gasteiger charge is 2.38. The van der Waals surface area contributed by atoms with Crippen LogP contribution in [0.2, 0.25) is 0 Å². The van der Waals surface area contributed by atoms with E-state index in [0.717, 1.165) is 24.2 Å². The molecule has 0 atom stereocenters. The molecule has 25 heavy (non-hydrogen) atoms. The summed E-state index contributed by atoms with van der Waals surface area (Å²) < 4.78 is 16.7. The van der Waals surface area contributed by atoms with Crippen molar-refractivity contribution in [1.29, 1.82) is 5.26 Å². The van der Waals surface area contributed by atoms with E-state index in [1.54, 1.807) is 7.11 Å². The maximum atomic E-state index is 10.5. The van der Waals surface area contributed by atoms with Gasteiger partial charge in [-0.2, -0.15) is 5.26 Å². The van der Waals surface area contributed by atoms with Crippen molar-refractivity contribution < 1.29 is 19.0 Å². The van der Waals surface area contributed by atoms with Gasteiger partial charge >= 0.3 is 0 Å². The van der Waals surface area contributed by atoms with Crippen LogP contribution in [-0.2, 0) is 14.9 Å². The third-order valence-corrected chi connectivity index (χ3v) is 5.56. The van der Waals surface area contributed by atoms with Crippen LogP contribution in [0, 0.1) is 11.3 Å². The van der Waals surface area contributed by atoms with Crippen molar-refractivity contribution in [2.24, 2.45) is 0 Å². The molecular formula is C20H25NO4. The topological polar surface area (TPSA) is 68.5 Å². The predicted molar refractivity (Wildman–Crippen MR) is 92.6 cm³/mol. The summed E-state index contributed by atoms with van der Waals surface area (Å²) in [5.74, 6) is 1.44. The first-order valence-electron chi connectivity index (χ1n) is 9.06. The Morgan fingerprint density at radius 2 is 1.84 bits per heavy atom. The van der Waals surface area contributed by atoms with Gasteiger partial charge in [-0.1, -0.05) is 6.07 Å². The van der Waals surface area contributed by atoms with Crippen molar-refractivity contribution in [3.05, 3.63) is 23.8 Å². The van der Waals surface area contributed by atoms with Gasteiger partial charge in [0, 0.05) is 0 Å². The van der Waals surface area contributed by atoms with Gasteiger partial charge in [0.25, 0.3) is 6.47 Å². The van der Waals surface area contributed by atoms with Crippen molar-refractivity contribution in [2.45, 2.75) is 69.0 Å². The Hall–Kier alpha value is -2.22. The molecule has 5 nitrogen and oxygen atoms in total. The van der Waals surface area contributed by atoms with E-state index in [2.05, 4.69) is 6.07 Å².